The van der Waals surface area contributed by atoms with Gasteiger partial charge in [-0.25, -0.2) is 0 Å². The Morgan fingerprint density at radius 2 is 1.27 bits per heavy atom. The summed E-state index contributed by atoms with van der Waals surface area (Å²) in [6, 6.07) is 0. The number of esters is 2. The summed E-state index contributed by atoms with van der Waals surface area (Å²) >= 11 is 0. The maximum atomic E-state index is 12.4. The molecule has 1 saturated heterocycles. The fourth-order valence-electron chi connectivity index (χ4n) is 4.32. The minimum atomic E-state index is -4.58. The molecule has 1 heterocycles. The van der Waals surface area contributed by atoms with Gasteiger partial charge in [0.05, 0.1) is 6.61 Å². The Kier molecular flexibility index (Phi) is 18.8. The predicted octanol–water partition coefficient (Wildman–Crippen LogP) is 2.65. The number of carbonyl (C=O) groups excluding carboxylic acids is 2. The average Bonchev–Trinajstić information content (AvgIpc) is 2.89. The molecule has 0 amide bonds. The zero-order valence-electron chi connectivity index (χ0n) is 23.9. The maximum Gasteiger partial charge on any atom is 0.306 e. The highest BCUT2D eigenvalue weighted by Gasteiger charge is 2.46. The Morgan fingerprint density at radius 3 is 1.82 bits per heavy atom. The van der Waals surface area contributed by atoms with E-state index in [0.29, 0.717) is 12.8 Å². The summed E-state index contributed by atoms with van der Waals surface area (Å²) in [5, 5.41) is 30.4. The van der Waals surface area contributed by atoms with Crippen molar-refractivity contribution in [2.45, 2.75) is 141 Å². The van der Waals surface area contributed by atoms with Gasteiger partial charge in [0.15, 0.2) is 12.4 Å². The van der Waals surface area contributed by atoms with E-state index in [9.17, 15) is 33.3 Å². The van der Waals surface area contributed by atoms with Crippen molar-refractivity contribution in [2.24, 2.45) is 0 Å². The largest absolute Gasteiger partial charge is 0.462 e. The summed E-state index contributed by atoms with van der Waals surface area (Å²) in [4.78, 5) is 24.7. The minimum absolute atomic E-state index is 0.165. The molecule has 1 rings (SSSR count). The molecule has 0 radical (unpaired) electrons. The Labute approximate surface area is 238 Å². The van der Waals surface area contributed by atoms with Gasteiger partial charge in [-0.3, -0.25) is 14.1 Å². The van der Waals surface area contributed by atoms with E-state index < -0.39 is 71.2 Å². The summed E-state index contributed by atoms with van der Waals surface area (Å²) < 4.78 is 53.1. The van der Waals surface area contributed by atoms with Gasteiger partial charge in [-0.15, -0.1) is 0 Å². The molecule has 236 valence electrons. The molecule has 0 aromatic carbocycles. The normalized spacial score (nSPS) is 24.0. The van der Waals surface area contributed by atoms with E-state index in [1.807, 2.05) is 0 Å². The average molecular weight is 599 g/mol. The maximum absolute atomic E-state index is 12.4. The molecule has 0 spiro atoms. The van der Waals surface area contributed by atoms with Crippen LogP contribution in [-0.4, -0.2) is 96.0 Å². The van der Waals surface area contributed by atoms with Crippen LogP contribution in [0.2, 0.25) is 0 Å². The van der Waals surface area contributed by atoms with Gasteiger partial charge in [-0.1, -0.05) is 78.1 Å². The number of hydrogen-bond donors (Lipinski definition) is 4. The van der Waals surface area contributed by atoms with Gasteiger partial charge in [0.2, 0.25) is 0 Å². The van der Waals surface area contributed by atoms with Crippen LogP contribution in [-0.2, 0) is 38.7 Å². The van der Waals surface area contributed by atoms with Crippen LogP contribution in [0.4, 0.5) is 0 Å². The molecule has 12 nitrogen and oxygen atoms in total. The van der Waals surface area contributed by atoms with Crippen molar-refractivity contribution < 1.29 is 56.8 Å². The summed E-state index contributed by atoms with van der Waals surface area (Å²) in [6.07, 6.45) is 2.66. The first kappa shape index (κ1) is 36.7. The predicted molar refractivity (Wildman–Crippen MR) is 146 cm³/mol. The van der Waals surface area contributed by atoms with Crippen molar-refractivity contribution in [2.75, 3.05) is 19.0 Å². The van der Waals surface area contributed by atoms with Gasteiger partial charge >= 0.3 is 11.9 Å². The lowest BCUT2D eigenvalue weighted by Gasteiger charge is -2.40. The van der Waals surface area contributed by atoms with Crippen molar-refractivity contribution in [1.29, 1.82) is 0 Å². The molecule has 40 heavy (non-hydrogen) atoms. The number of rotatable bonds is 22. The lowest BCUT2D eigenvalue weighted by atomic mass is 10.00. The van der Waals surface area contributed by atoms with Crippen LogP contribution in [0.25, 0.3) is 0 Å². The fraction of sp³-hybridized carbons (Fsp3) is 0.926. The molecule has 1 aliphatic rings. The summed E-state index contributed by atoms with van der Waals surface area (Å²) in [7, 11) is -4.58. The number of carbonyl (C=O) groups is 2. The van der Waals surface area contributed by atoms with Crippen LogP contribution in [0, 0.1) is 0 Å². The topological polar surface area (TPSA) is 186 Å². The number of unbranched alkanes of at least 4 members (excludes halogenated alkanes) is 10. The third-order valence-electron chi connectivity index (χ3n) is 6.69. The van der Waals surface area contributed by atoms with Crippen LogP contribution in [0.15, 0.2) is 0 Å². The van der Waals surface area contributed by atoms with Crippen LogP contribution < -0.4 is 0 Å². The van der Waals surface area contributed by atoms with E-state index in [2.05, 4.69) is 13.8 Å². The molecule has 0 unspecified atom stereocenters. The minimum Gasteiger partial charge on any atom is -0.462 e. The molecule has 0 bridgehead atoms. The number of ether oxygens (including phenoxy) is 4. The molecular formula is C27H50O12S. The zero-order chi connectivity index (χ0) is 30.0. The second-order valence-corrected chi connectivity index (χ2v) is 11.9. The Bertz CT molecular complexity index is 805. The molecule has 1 fully saturated rings. The van der Waals surface area contributed by atoms with Crippen molar-refractivity contribution in [1.82, 2.24) is 0 Å². The van der Waals surface area contributed by atoms with E-state index in [0.717, 1.165) is 64.2 Å². The summed E-state index contributed by atoms with van der Waals surface area (Å²) in [5.74, 6) is -2.00. The van der Waals surface area contributed by atoms with E-state index in [1.165, 1.54) is 0 Å². The second-order valence-electron chi connectivity index (χ2n) is 10.4. The van der Waals surface area contributed by atoms with E-state index in [1.54, 1.807) is 0 Å². The second kappa shape index (κ2) is 20.5. The molecular weight excluding hydrogens is 548 g/mol. The Hall–Kier alpha value is -1.35. The van der Waals surface area contributed by atoms with Crippen LogP contribution in [0.3, 0.4) is 0 Å². The molecule has 0 aromatic rings. The van der Waals surface area contributed by atoms with Crippen molar-refractivity contribution in [3.63, 3.8) is 0 Å². The standard InChI is InChI=1S/C27H50O12S/c1-3-5-7-9-11-13-15-22(28)36-17-20(38-23(29)16-14-12-10-8-6-4-2)18-37-27-26(32)25(31)24(30)21(39-27)19-40(33,34)35/h20-21,24-27,30-32H,3-19H2,1-2H3,(H,33,34,35)/t20-,21+,24+,25-,26+,27-/m0/s1. The molecule has 4 N–H and O–H groups in total. The molecule has 0 aliphatic carbocycles. The van der Waals surface area contributed by atoms with Gasteiger partial charge < -0.3 is 34.3 Å². The van der Waals surface area contributed by atoms with Gasteiger partial charge in [0.1, 0.15) is 36.8 Å². The number of aliphatic hydroxyl groups is 3. The number of hydrogen-bond acceptors (Lipinski definition) is 11. The van der Waals surface area contributed by atoms with E-state index >= 15 is 0 Å². The Morgan fingerprint density at radius 1 is 0.750 bits per heavy atom. The first-order valence-corrected chi connectivity index (χ1v) is 16.2. The van der Waals surface area contributed by atoms with Crippen molar-refractivity contribution >= 4 is 22.1 Å². The highest BCUT2D eigenvalue weighted by Crippen LogP contribution is 2.23. The zero-order valence-corrected chi connectivity index (χ0v) is 24.8. The third-order valence-corrected chi connectivity index (χ3v) is 7.44. The third kappa shape index (κ3) is 16.2. The first-order valence-electron chi connectivity index (χ1n) is 14.6. The van der Waals surface area contributed by atoms with Crippen LogP contribution in [0.5, 0.6) is 0 Å². The molecule has 6 atom stereocenters. The monoisotopic (exact) mass is 598 g/mol. The SMILES string of the molecule is CCCCCCCCC(=O)OC[C@@H](CO[C@H]1O[C@H](CS(=O)(=O)O)[C@@H](O)[C@H](O)[C@H]1O)OC(=O)CCCCCCCC. The lowest BCUT2D eigenvalue weighted by Crippen LogP contribution is -2.60. The van der Waals surface area contributed by atoms with E-state index in [-0.39, 0.29) is 19.4 Å². The summed E-state index contributed by atoms with van der Waals surface area (Å²) in [5.41, 5.74) is 0. The van der Waals surface area contributed by atoms with Gasteiger partial charge in [-0.05, 0) is 12.8 Å². The van der Waals surface area contributed by atoms with Crippen molar-refractivity contribution in [3.05, 3.63) is 0 Å². The van der Waals surface area contributed by atoms with Crippen LogP contribution in [0.1, 0.15) is 104 Å². The highest BCUT2D eigenvalue weighted by molar-refractivity contribution is 7.85. The van der Waals surface area contributed by atoms with E-state index in [4.69, 9.17) is 23.5 Å². The first-order chi connectivity index (χ1) is 19.0. The quantitative estimate of drug-likeness (QED) is 0.0812. The number of aliphatic hydroxyl groups excluding tert-OH is 3. The summed E-state index contributed by atoms with van der Waals surface area (Å²) in [6.45, 7) is 3.53. The molecule has 13 heteroatoms. The molecule has 1 aliphatic heterocycles. The van der Waals surface area contributed by atoms with Gasteiger partial charge in [-0.2, -0.15) is 8.42 Å². The van der Waals surface area contributed by atoms with Crippen LogP contribution >= 0.6 is 0 Å². The molecule has 0 saturated carbocycles. The van der Waals surface area contributed by atoms with Gasteiger partial charge in [0.25, 0.3) is 10.1 Å². The lowest BCUT2D eigenvalue weighted by molar-refractivity contribution is -0.297. The fourth-order valence-corrected chi connectivity index (χ4v) is 5.01. The van der Waals surface area contributed by atoms with Gasteiger partial charge in [0, 0.05) is 12.8 Å². The Balaban J connectivity index is 2.67. The molecule has 0 aromatic heterocycles. The smallest absolute Gasteiger partial charge is 0.306 e. The highest BCUT2D eigenvalue weighted by atomic mass is 32.2. The van der Waals surface area contributed by atoms with Crippen molar-refractivity contribution in [3.8, 4) is 0 Å².